The van der Waals surface area contributed by atoms with Crippen LogP contribution in [0.3, 0.4) is 0 Å². The molecule has 1 aromatic carbocycles. The summed E-state index contributed by atoms with van der Waals surface area (Å²) in [6, 6.07) is 10.2. The second kappa shape index (κ2) is 4.97. The number of aromatic nitrogens is 2. The van der Waals surface area contributed by atoms with Crippen LogP contribution in [-0.4, -0.2) is 23.3 Å². The van der Waals surface area contributed by atoms with Gasteiger partial charge in [0.1, 0.15) is 29.0 Å². The quantitative estimate of drug-likeness (QED) is 0.669. The van der Waals surface area contributed by atoms with Gasteiger partial charge in [-0.05, 0) is 30.3 Å². The molecule has 1 atom stereocenters. The van der Waals surface area contributed by atoms with E-state index in [1.165, 1.54) is 6.07 Å². The van der Waals surface area contributed by atoms with E-state index in [2.05, 4.69) is 4.98 Å². The van der Waals surface area contributed by atoms with Crippen LogP contribution in [0.25, 0.3) is 22.3 Å². The molecule has 1 aliphatic heterocycles. The summed E-state index contributed by atoms with van der Waals surface area (Å²) in [6.07, 6.45) is -0.380. The number of hydrogen-bond donors (Lipinski definition) is 0. The van der Waals surface area contributed by atoms with Gasteiger partial charge in [0, 0.05) is 12.5 Å². The van der Waals surface area contributed by atoms with Crippen molar-refractivity contribution < 1.29 is 13.9 Å². The molecule has 4 nitrogen and oxygen atoms in total. The van der Waals surface area contributed by atoms with Crippen molar-refractivity contribution in [2.75, 3.05) is 13.7 Å². The molecule has 0 saturated heterocycles. The largest absolute Gasteiger partial charge is 0.465 e. The minimum atomic E-state index is -0.380. The first-order valence-electron chi connectivity index (χ1n) is 6.81. The Labute approximate surface area is 131 Å². The predicted octanol–water partition coefficient (Wildman–Crippen LogP) is 4.03. The molecule has 1 aliphatic rings. The summed E-state index contributed by atoms with van der Waals surface area (Å²) < 4.78 is 27.2. The van der Waals surface area contributed by atoms with Crippen LogP contribution >= 0.6 is 11.6 Å². The molecule has 22 heavy (non-hydrogen) atoms. The average Bonchev–Trinajstić information content (AvgIpc) is 2.90. The maximum absolute atomic E-state index is 14.1. The molecular formula is C16H12ClFN2O2. The van der Waals surface area contributed by atoms with E-state index >= 15 is 0 Å². The Balaban J connectivity index is 2.05. The van der Waals surface area contributed by atoms with Crippen LogP contribution in [0.1, 0.15) is 6.23 Å². The molecule has 3 heterocycles. The summed E-state index contributed by atoms with van der Waals surface area (Å²) in [5.74, 6) is 0.335. The molecule has 0 fully saturated rings. The van der Waals surface area contributed by atoms with Crippen LogP contribution in [0.4, 0.5) is 4.39 Å². The van der Waals surface area contributed by atoms with Gasteiger partial charge in [-0.3, -0.25) is 0 Å². The topological polar surface area (TPSA) is 36.3 Å². The number of rotatable bonds is 2. The SMILES string of the molecule is COCC1Oc2ccc(Cl)nc2-c2cc3c(F)cccc3n21. The molecule has 6 heteroatoms. The minimum absolute atomic E-state index is 0.279. The van der Waals surface area contributed by atoms with E-state index < -0.39 is 0 Å². The zero-order chi connectivity index (χ0) is 15.3. The van der Waals surface area contributed by atoms with Gasteiger partial charge in [-0.2, -0.15) is 0 Å². The highest BCUT2D eigenvalue weighted by molar-refractivity contribution is 6.29. The number of hydrogen-bond acceptors (Lipinski definition) is 3. The van der Waals surface area contributed by atoms with Gasteiger partial charge in [0.05, 0.1) is 11.2 Å². The van der Waals surface area contributed by atoms with Crippen LogP contribution in [0, 0.1) is 5.82 Å². The van der Waals surface area contributed by atoms with Gasteiger partial charge >= 0.3 is 0 Å². The lowest BCUT2D eigenvalue weighted by Crippen LogP contribution is -2.25. The van der Waals surface area contributed by atoms with E-state index in [0.29, 0.717) is 28.6 Å². The van der Waals surface area contributed by atoms with E-state index in [1.54, 1.807) is 31.4 Å². The van der Waals surface area contributed by atoms with Crippen molar-refractivity contribution in [2.24, 2.45) is 0 Å². The zero-order valence-electron chi connectivity index (χ0n) is 11.7. The molecule has 2 aromatic heterocycles. The normalized spacial score (nSPS) is 16.2. The maximum atomic E-state index is 14.1. The van der Waals surface area contributed by atoms with Crippen LogP contribution in [-0.2, 0) is 4.74 Å². The fourth-order valence-electron chi connectivity index (χ4n) is 2.86. The number of halogens is 2. The van der Waals surface area contributed by atoms with Crippen molar-refractivity contribution >= 4 is 22.5 Å². The van der Waals surface area contributed by atoms with Gasteiger partial charge < -0.3 is 14.0 Å². The molecule has 0 saturated carbocycles. The smallest absolute Gasteiger partial charge is 0.200 e. The Morgan fingerprint density at radius 2 is 2.23 bits per heavy atom. The van der Waals surface area contributed by atoms with E-state index in [9.17, 15) is 4.39 Å². The van der Waals surface area contributed by atoms with Gasteiger partial charge in [-0.15, -0.1) is 0 Å². The first kappa shape index (κ1) is 13.5. The molecule has 0 amide bonds. The highest BCUT2D eigenvalue weighted by atomic mass is 35.5. The van der Waals surface area contributed by atoms with Gasteiger partial charge in [0.2, 0.25) is 0 Å². The number of ether oxygens (including phenoxy) is 2. The van der Waals surface area contributed by atoms with Gasteiger partial charge in [-0.25, -0.2) is 9.37 Å². The molecule has 3 aromatic rings. The third-order valence-electron chi connectivity index (χ3n) is 3.76. The Hall–Kier alpha value is -2.11. The number of fused-ring (bicyclic) bond motifs is 5. The number of nitrogens with zero attached hydrogens (tertiary/aromatic N) is 2. The van der Waals surface area contributed by atoms with Gasteiger partial charge in [0.25, 0.3) is 0 Å². The van der Waals surface area contributed by atoms with E-state index in [-0.39, 0.29) is 12.0 Å². The number of methoxy groups -OCH3 is 1. The first-order chi connectivity index (χ1) is 10.7. The predicted molar refractivity (Wildman–Crippen MR) is 81.7 cm³/mol. The van der Waals surface area contributed by atoms with E-state index in [4.69, 9.17) is 21.1 Å². The van der Waals surface area contributed by atoms with Crippen molar-refractivity contribution in [1.29, 1.82) is 0 Å². The second-order valence-electron chi connectivity index (χ2n) is 5.08. The summed E-state index contributed by atoms with van der Waals surface area (Å²) in [5.41, 5.74) is 2.12. The minimum Gasteiger partial charge on any atom is -0.465 e. The summed E-state index contributed by atoms with van der Waals surface area (Å²) in [5, 5.41) is 0.890. The van der Waals surface area contributed by atoms with Crippen LogP contribution in [0.5, 0.6) is 5.75 Å². The van der Waals surface area contributed by atoms with Crippen molar-refractivity contribution in [3.8, 4) is 17.1 Å². The van der Waals surface area contributed by atoms with Gasteiger partial charge in [-0.1, -0.05) is 17.7 Å². The fourth-order valence-corrected chi connectivity index (χ4v) is 3.01. The summed E-state index contributed by atoms with van der Waals surface area (Å²) in [6.45, 7) is 0.343. The molecule has 4 rings (SSSR count). The van der Waals surface area contributed by atoms with Crippen LogP contribution in [0.2, 0.25) is 5.15 Å². The summed E-state index contributed by atoms with van der Waals surface area (Å²) in [4.78, 5) is 4.33. The van der Waals surface area contributed by atoms with Crippen molar-refractivity contribution in [3.05, 3.63) is 47.4 Å². The lowest BCUT2D eigenvalue weighted by molar-refractivity contribution is 0.0356. The molecule has 0 N–H and O–H groups in total. The monoisotopic (exact) mass is 318 g/mol. The number of pyridine rings is 1. The molecule has 0 aliphatic carbocycles. The first-order valence-corrected chi connectivity index (χ1v) is 7.19. The Morgan fingerprint density at radius 3 is 3.05 bits per heavy atom. The Kier molecular flexibility index (Phi) is 3.06. The van der Waals surface area contributed by atoms with Gasteiger partial charge in [0.15, 0.2) is 6.23 Å². The fraction of sp³-hybridized carbons (Fsp3) is 0.188. The van der Waals surface area contributed by atoms with Crippen molar-refractivity contribution in [3.63, 3.8) is 0 Å². The van der Waals surface area contributed by atoms with Crippen LogP contribution in [0.15, 0.2) is 36.4 Å². The standard InChI is InChI=1S/C16H12ClFN2O2/c1-21-8-15-20-11-4-2-3-10(18)9(11)7-12(20)16-13(22-15)5-6-14(17)19-16/h2-7,15H,8H2,1H3. The third-order valence-corrected chi connectivity index (χ3v) is 3.97. The summed E-state index contributed by atoms with van der Waals surface area (Å²) >= 11 is 6.00. The maximum Gasteiger partial charge on any atom is 0.200 e. The molecule has 1 unspecified atom stereocenters. The molecule has 0 spiro atoms. The summed E-state index contributed by atoms with van der Waals surface area (Å²) in [7, 11) is 1.60. The van der Waals surface area contributed by atoms with Crippen LogP contribution < -0.4 is 4.74 Å². The highest BCUT2D eigenvalue weighted by Gasteiger charge is 2.29. The van der Waals surface area contributed by atoms with E-state index in [0.717, 1.165) is 11.2 Å². The molecule has 112 valence electrons. The lowest BCUT2D eigenvalue weighted by atomic mass is 10.2. The number of benzene rings is 1. The Morgan fingerprint density at radius 1 is 1.36 bits per heavy atom. The second-order valence-corrected chi connectivity index (χ2v) is 5.47. The average molecular weight is 319 g/mol. The third kappa shape index (κ3) is 1.90. The lowest BCUT2D eigenvalue weighted by Gasteiger charge is -2.28. The zero-order valence-corrected chi connectivity index (χ0v) is 12.5. The molecular weight excluding hydrogens is 307 g/mol. The van der Waals surface area contributed by atoms with Crippen molar-refractivity contribution in [2.45, 2.75) is 6.23 Å². The Bertz CT molecular complexity index is 878. The molecule has 0 radical (unpaired) electrons. The van der Waals surface area contributed by atoms with Crippen molar-refractivity contribution in [1.82, 2.24) is 9.55 Å². The molecule has 0 bridgehead atoms. The van der Waals surface area contributed by atoms with E-state index in [1.807, 2.05) is 10.6 Å². The highest BCUT2D eigenvalue weighted by Crippen LogP contribution is 2.41.